The van der Waals surface area contributed by atoms with Crippen molar-refractivity contribution in [1.29, 1.82) is 0 Å². The first kappa shape index (κ1) is 27.4. The van der Waals surface area contributed by atoms with Crippen molar-refractivity contribution in [3.05, 3.63) is 95.4 Å². The van der Waals surface area contributed by atoms with Crippen LogP contribution in [0, 0.1) is 0 Å². The number of fused-ring (bicyclic) bond motifs is 1. The number of benzene rings is 2. The van der Waals surface area contributed by atoms with Crippen molar-refractivity contribution in [3.8, 4) is 0 Å². The number of H-pyrrole nitrogens is 1. The molecule has 2 aromatic heterocycles. The second-order valence-corrected chi connectivity index (χ2v) is 12.7. The lowest BCUT2D eigenvalue weighted by atomic mass is 9.71. The van der Waals surface area contributed by atoms with Gasteiger partial charge in [-0.2, -0.15) is 4.72 Å². The first-order chi connectivity index (χ1) is 18.7. The van der Waals surface area contributed by atoms with Gasteiger partial charge < -0.3 is 10.3 Å². The van der Waals surface area contributed by atoms with Crippen molar-refractivity contribution in [1.82, 2.24) is 20.0 Å². The maximum atomic E-state index is 14.0. The Bertz CT molecular complexity index is 1570. The van der Waals surface area contributed by atoms with E-state index in [1.54, 1.807) is 25.3 Å². The summed E-state index contributed by atoms with van der Waals surface area (Å²) >= 11 is 6.26. The molecule has 0 spiro atoms. The molecule has 204 valence electrons. The minimum absolute atomic E-state index is 0.0677. The highest BCUT2D eigenvalue weighted by atomic mass is 35.5. The van der Waals surface area contributed by atoms with E-state index in [0.29, 0.717) is 6.54 Å². The van der Waals surface area contributed by atoms with Crippen molar-refractivity contribution in [2.24, 2.45) is 0 Å². The van der Waals surface area contributed by atoms with E-state index in [-0.39, 0.29) is 21.8 Å². The van der Waals surface area contributed by atoms with Gasteiger partial charge in [0, 0.05) is 47.4 Å². The number of halogens is 1. The van der Waals surface area contributed by atoms with E-state index in [4.69, 9.17) is 11.6 Å². The SMILES string of the molecule is CC(Cc1c[nH]c2ccccc12)(NS(=O)(=O)c1ccccc1Cl)C(=O)NCC1(c2ccccn2)CCCCC1. The van der Waals surface area contributed by atoms with Gasteiger partial charge in [0.2, 0.25) is 15.9 Å². The van der Waals surface area contributed by atoms with Gasteiger partial charge in [-0.3, -0.25) is 9.78 Å². The van der Waals surface area contributed by atoms with Gasteiger partial charge >= 0.3 is 0 Å². The van der Waals surface area contributed by atoms with Gasteiger partial charge in [0.15, 0.2) is 0 Å². The second kappa shape index (κ2) is 11.1. The molecule has 0 radical (unpaired) electrons. The van der Waals surface area contributed by atoms with Gasteiger partial charge in [-0.1, -0.05) is 67.3 Å². The number of sulfonamides is 1. The normalized spacial score (nSPS) is 17.0. The van der Waals surface area contributed by atoms with Gasteiger partial charge in [-0.05, 0) is 55.7 Å². The van der Waals surface area contributed by atoms with Crippen molar-refractivity contribution in [2.45, 2.75) is 61.3 Å². The number of amides is 1. The fourth-order valence-electron chi connectivity index (χ4n) is 5.71. The number of nitrogens with zero attached hydrogens (tertiary/aromatic N) is 1. The van der Waals surface area contributed by atoms with Crippen LogP contribution in [0.15, 0.2) is 84.0 Å². The van der Waals surface area contributed by atoms with Crippen LogP contribution in [0.3, 0.4) is 0 Å². The number of carbonyl (C=O) groups is 1. The minimum Gasteiger partial charge on any atom is -0.361 e. The van der Waals surface area contributed by atoms with E-state index in [1.807, 2.05) is 48.7 Å². The highest BCUT2D eigenvalue weighted by Crippen LogP contribution is 2.38. The van der Waals surface area contributed by atoms with Gasteiger partial charge in [0.25, 0.3) is 0 Å². The third kappa shape index (κ3) is 5.73. The van der Waals surface area contributed by atoms with Crippen LogP contribution in [0.25, 0.3) is 10.9 Å². The number of hydrogen-bond acceptors (Lipinski definition) is 4. The summed E-state index contributed by atoms with van der Waals surface area (Å²) in [5, 5.41) is 4.16. The Labute approximate surface area is 234 Å². The molecule has 0 aliphatic heterocycles. The molecular weight excluding hydrogens is 532 g/mol. The Hall–Kier alpha value is -3.20. The van der Waals surface area contributed by atoms with Crippen LogP contribution in [-0.4, -0.2) is 36.4 Å². The summed E-state index contributed by atoms with van der Waals surface area (Å²) in [5.41, 5.74) is 0.921. The predicted octanol–water partition coefficient (Wildman–Crippen LogP) is 5.51. The zero-order chi connectivity index (χ0) is 27.5. The fourth-order valence-corrected chi connectivity index (χ4v) is 7.60. The first-order valence-electron chi connectivity index (χ1n) is 13.3. The summed E-state index contributed by atoms with van der Waals surface area (Å²) in [6, 6.07) is 19.9. The Morgan fingerprint density at radius 2 is 1.74 bits per heavy atom. The summed E-state index contributed by atoms with van der Waals surface area (Å²) < 4.78 is 29.8. The number of pyridine rings is 1. The lowest BCUT2D eigenvalue weighted by molar-refractivity contribution is -0.126. The molecule has 1 unspecified atom stereocenters. The van der Waals surface area contributed by atoms with Crippen LogP contribution < -0.4 is 10.0 Å². The molecule has 4 aromatic rings. The van der Waals surface area contributed by atoms with Crippen LogP contribution >= 0.6 is 11.6 Å². The Kier molecular flexibility index (Phi) is 7.80. The molecule has 1 amide bonds. The summed E-state index contributed by atoms with van der Waals surface area (Å²) in [4.78, 5) is 21.8. The minimum atomic E-state index is -4.13. The first-order valence-corrected chi connectivity index (χ1v) is 15.1. The van der Waals surface area contributed by atoms with Gasteiger partial charge in [0.1, 0.15) is 10.4 Å². The monoisotopic (exact) mass is 564 g/mol. The van der Waals surface area contributed by atoms with Gasteiger partial charge in [0.05, 0.1) is 5.02 Å². The maximum Gasteiger partial charge on any atom is 0.243 e. The Balaban J connectivity index is 1.48. The number of hydrogen-bond donors (Lipinski definition) is 3. The molecule has 1 fully saturated rings. The molecule has 39 heavy (non-hydrogen) atoms. The number of para-hydroxylation sites is 1. The lowest BCUT2D eigenvalue weighted by Gasteiger charge is -2.38. The summed E-state index contributed by atoms with van der Waals surface area (Å²) in [6.45, 7) is 2.01. The van der Waals surface area contributed by atoms with Gasteiger partial charge in [-0.25, -0.2) is 8.42 Å². The van der Waals surface area contributed by atoms with Crippen molar-refractivity contribution >= 4 is 38.4 Å². The average Bonchev–Trinajstić information content (AvgIpc) is 3.35. The van der Waals surface area contributed by atoms with Crippen LogP contribution in [0.4, 0.5) is 0 Å². The molecule has 1 aliphatic carbocycles. The smallest absolute Gasteiger partial charge is 0.243 e. The number of nitrogens with one attached hydrogen (secondary N) is 3. The van der Waals surface area contributed by atoms with E-state index in [9.17, 15) is 13.2 Å². The molecule has 1 atom stereocenters. The molecule has 1 aliphatic rings. The molecule has 1 saturated carbocycles. The van der Waals surface area contributed by atoms with Crippen LogP contribution in [-0.2, 0) is 26.7 Å². The summed E-state index contributed by atoms with van der Waals surface area (Å²) in [7, 11) is -4.13. The number of carbonyl (C=O) groups excluding carboxylic acids is 1. The molecule has 9 heteroatoms. The van der Waals surface area contributed by atoms with E-state index >= 15 is 0 Å². The number of aromatic amines is 1. The molecule has 2 heterocycles. The molecule has 7 nitrogen and oxygen atoms in total. The number of aromatic nitrogens is 2. The third-order valence-electron chi connectivity index (χ3n) is 7.81. The van der Waals surface area contributed by atoms with E-state index < -0.39 is 21.5 Å². The second-order valence-electron chi connectivity index (χ2n) is 10.6. The average molecular weight is 565 g/mol. The van der Waals surface area contributed by atoms with Crippen LogP contribution in [0.1, 0.15) is 50.3 Å². The molecule has 3 N–H and O–H groups in total. The number of rotatable bonds is 9. The molecule has 2 aromatic carbocycles. The lowest BCUT2D eigenvalue weighted by Crippen LogP contribution is -2.59. The highest BCUT2D eigenvalue weighted by Gasteiger charge is 2.42. The molecule has 5 rings (SSSR count). The van der Waals surface area contributed by atoms with Crippen LogP contribution in [0.5, 0.6) is 0 Å². The topological polar surface area (TPSA) is 104 Å². The fraction of sp³-hybridized carbons (Fsp3) is 0.333. The zero-order valence-electron chi connectivity index (χ0n) is 21.9. The quantitative estimate of drug-likeness (QED) is 0.249. The highest BCUT2D eigenvalue weighted by molar-refractivity contribution is 7.89. The van der Waals surface area contributed by atoms with Crippen molar-refractivity contribution in [2.75, 3.05) is 6.54 Å². The van der Waals surface area contributed by atoms with Crippen molar-refractivity contribution in [3.63, 3.8) is 0 Å². The molecular formula is C30H33ClN4O3S. The Morgan fingerprint density at radius 1 is 1.03 bits per heavy atom. The largest absolute Gasteiger partial charge is 0.361 e. The molecule has 0 saturated heterocycles. The Morgan fingerprint density at radius 3 is 2.49 bits per heavy atom. The van der Waals surface area contributed by atoms with Crippen molar-refractivity contribution < 1.29 is 13.2 Å². The maximum absolute atomic E-state index is 14.0. The molecule has 0 bridgehead atoms. The van der Waals surface area contributed by atoms with E-state index in [1.165, 1.54) is 12.1 Å². The standard InChI is InChI=1S/C30H33ClN4O3S/c1-29(19-22-20-33-25-13-5-3-11-23(22)25,35-39(37,38)26-14-6-4-12-24(26)31)28(36)34-21-30(16-8-2-9-17-30)27-15-7-10-18-32-27/h3-7,10-15,18,20,33,35H,2,8-9,16-17,19,21H2,1H3,(H,34,36). The summed E-state index contributed by atoms with van der Waals surface area (Å²) in [5.74, 6) is -0.399. The van der Waals surface area contributed by atoms with E-state index in [2.05, 4.69) is 20.0 Å². The zero-order valence-corrected chi connectivity index (χ0v) is 23.5. The summed E-state index contributed by atoms with van der Waals surface area (Å²) in [6.07, 6.45) is 8.84. The van der Waals surface area contributed by atoms with Gasteiger partial charge in [-0.15, -0.1) is 0 Å². The van der Waals surface area contributed by atoms with Crippen LogP contribution in [0.2, 0.25) is 5.02 Å². The third-order valence-corrected chi connectivity index (χ3v) is 9.91. The predicted molar refractivity (Wildman–Crippen MR) is 154 cm³/mol. The van der Waals surface area contributed by atoms with E-state index in [0.717, 1.165) is 54.3 Å².